The summed E-state index contributed by atoms with van der Waals surface area (Å²) in [6.45, 7) is 6.55. The number of likely N-dealkylation sites (tertiary alicyclic amines) is 1. The van der Waals surface area contributed by atoms with Crippen LogP contribution >= 0.6 is 0 Å². The van der Waals surface area contributed by atoms with Gasteiger partial charge in [-0.05, 0) is 107 Å². The molecule has 1 N–H and O–H groups in total. The summed E-state index contributed by atoms with van der Waals surface area (Å²) < 4.78 is 0. The third-order valence-electron chi connectivity index (χ3n) is 10.1. The van der Waals surface area contributed by atoms with Crippen molar-refractivity contribution in [3.8, 4) is 0 Å². The predicted molar refractivity (Wildman–Crippen MR) is 104 cm³/mol. The lowest BCUT2D eigenvalue weighted by Gasteiger charge is -2.58. The van der Waals surface area contributed by atoms with Gasteiger partial charge in [0.2, 0.25) is 0 Å². The van der Waals surface area contributed by atoms with Crippen LogP contribution in [0.25, 0.3) is 0 Å². The van der Waals surface area contributed by atoms with E-state index in [1.807, 2.05) is 5.57 Å². The van der Waals surface area contributed by atoms with Gasteiger partial charge in [0, 0.05) is 18.6 Å². The van der Waals surface area contributed by atoms with E-state index in [9.17, 15) is 0 Å². The van der Waals surface area contributed by atoms with Crippen molar-refractivity contribution in [2.24, 2.45) is 34.5 Å². The van der Waals surface area contributed by atoms with Gasteiger partial charge in [0.15, 0.2) is 0 Å². The highest BCUT2D eigenvalue weighted by Crippen LogP contribution is 2.68. The van der Waals surface area contributed by atoms with Crippen LogP contribution in [-0.4, -0.2) is 37.6 Å². The van der Waals surface area contributed by atoms with Crippen LogP contribution in [0.4, 0.5) is 0 Å². The number of fused-ring (bicyclic) bond motifs is 4. The van der Waals surface area contributed by atoms with E-state index in [-0.39, 0.29) is 0 Å². The van der Waals surface area contributed by atoms with Gasteiger partial charge in [-0.2, -0.15) is 0 Å². The Bertz CT molecular complexity index is 583. The topological polar surface area (TPSA) is 15.3 Å². The Morgan fingerprint density at radius 2 is 1.88 bits per heavy atom. The summed E-state index contributed by atoms with van der Waals surface area (Å²) >= 11 is 0. The number of nitrogens with one attached hydrogen (secondary N) is 1. The molecule has 4 fully saturated rings. The molecule has 1 aliphatic heterocycles. The average Bonchev–Trinajstić information content (AvgIpc) is 3.09. The van der Waals surface area contributed by atoms with Crippen molar-refractivity contribution >= 4 is 0 Å². The summed E-state index contributed by atoms with van der Waals surface area (Å²) in [6.07, 6.45) is 14.3. The summed E-state index contributed by atoms with van der Waals surface area (Å²) in [5.41, 5.74) is 3.02. The molecule has 1 spiro atoms. The van der Waals surface area contributed by atoms with Crippen LogP contribution < -0.4 is 5.32 Å². The van der Waals surface area contributed by atoms with Crippen LogP contribution in [0.15, 0.2) is 11.6 Å². The van der Waals surface area contributed by atoms with Crippen molar-refractivity contribution < 1.29 is 0 Å². The molecule has 0 amide bonds. The van der Waals surface area contributed by atoms with E-state index >= 15 is 0 Å². The van der Waals surface area contributed by atoms with Crippen molar-refractivity contribution in [1.82, 2.24) is 10.2 Å². The molecule has 2 nitrogen and oxygen atoms in total. The average molecular weight is 343 g/mol. The second kappa shape index (κ2) is 5.58. The van der Waals surface area contributed by atoms with Gasteiger partial charge in [-0.25, -0.2) is 0 Å². The molecule has 0 aromatic heterocycles. The molecule has 5 rings (SSSR count). The van der Waals surface area contributed by atoms with Crippen LogP contribution in [0.5, 0.6) is 0 Å². The molecule has 1 heterocycles. The smallest absolute Gasteiger partial charge is 0.0102 e. The molecule has 0 aromatic carbocycles. The molecular weight excluding hydrogens is 304 g/mol. The third kappa shape index (κ3) is 2.10. The van der Waals surface area contributed by atoms with E-state index in [2.05, 4.69) is 44.2 Å². The van der Waals surface area contributed by atoms with Crippen molar-refractivity contribution in [2.45, 2.75) is 77.3 Å². The predicted octanol–water partition coefficient (Wildman–Crippen LogP) is 4.47. The van der Waals surface area contributed by atoms with E-state index in [0.717, 1.165) is 35.8 Å². The molecule has 7 unspecified atom stereocenters. The number of hydrogen-bond acceptors (Lipinski definition) is 2. The van der Waals surface area contributed by atoms with Gasteiger partial charge in [-0.1, -0.05) is 18.6 Å². The van der Waals surface area contributed by atoms with E-state index in [0.29, 0.717) is 10.8 Å². The summed E-state index contributed by atoms with van der Waals surface area (Å²) in [5, 5.41) is 3.56. The van der Waals surface area contributed by atoms with E-state index in [4.69, 9.17) is 0 Å². The highest BCUT2D eigenvalue weighted by atomic mass is 15.2. The van der Waals surface area contributed by atoms with Crippen molar-refractivity contribution in [1.29, 1.82) is 0 Å². The molecule has 25 heavy (non-hydrogen) atoms. The highest BCUT2D eigenvalue weighted by Gasteiger charge is 2.63. The van der Waals surface area contributed by atoms with Gasteiger partial charge in [0.25, 0.3) is 0 Å². The van der Waals surface area contributed by atoms with Crippen LogP contribution in [-0.2, 0) is 0 Å². The number of rotatable bonds is 1. The lowest BCUT2D eigenvalue weighted by atomic mass is 9.47. The van der Waals surface area contributed by atoms with Crippen molar-refractivity contribution in [2.75, 3.05) is 20.6 Å². The lowest BCUT2D eigenvalue weighted by molar-refractivity contribution is -0.0403. The van der Waals surface area contributed by atoms with Crippen LogP contribution in [0.2, 0.25) is 0 Å². The Morgan fingerprint density at radius 1 is 1.08 bits per heavy atom. The van der Waals surface area contributed by atoms with E-state index in [1.54, 1.807) is 0 Å². The number of allylic oxidation sites excluding steroid dienone is 1. The fourth-order valence-electron chi connectivity index (χ4n) is 8.71. The SMILES string of the molecule is CN[C@H]1CCC2(C)C(=CCC3C2CCC24CN(C)C(C)C2CCC34)C1. The van der Waals surface area contributed by atoms with E-state index in [1.165, 1.54) is 57.9 Å². The molecule has 2 heteroatoms. The maximum absolute atomic E-state index is 3.56. The maximum Gasteiger partial charge on any atom is 0.0102 e. The monoisotopic (exact) mass is 342 g/mol. The maximum atomic E-state index is 3.56. The second-order valence-corrected chi connectivity index (χ2v) is 10.6. The Labute approximate surface area is 154 Å². The summed E-state index contributed by atoms with van der Waals surface area (Å²) in [6, 6.07) is 1.55. The second-order valence-electron chi connectivity index (χ2n) is 10.6. The normalized spacial score (nSPS) is 55.1. The quantitative estimate of drug-likeness (QED) is 0.707. The zero-order chi connectivity index (χ0) is 17.4. The van der Waals surface area contributed by atoms with Crippen LogP contribution in [0.1, 0.15) is 65.2 Å². The van der Waals surface area contributed by atoms with Crippen molar-refractivity contribution in [3.05, 3.63) is 11.6 Å². The first-order valence-corrected chi connectivity index (χ1v) is 11.1. The molecule has 1 saturated heterocycles. The van der Waals surface area contributed by atoms with Gasteiger partial charge >= 0.3 is 0 Å². The first kappa shape index (κ1) is 16.8. The minimum absolute atomic E-state index is 0.520. The Kier molecular flexibility index (Phi) is 3.75. The van der Waals surface area contributed by atoms with Gasteiger partial charge in [-0.15, -0.1) is 0 Å². The van der Waals surface area contributed by atoms with Crippen molar-refractivity contribution in [3.63, 3.8) is 0 Å². The Hall–Kier alpha value is -0.340. The number of nitrogens with zero attached hydrogens (tertiary/aromatic N) is 1. The van der Waals surface area contributed by atoms with Crippen LogP contribution in [0, 0.1) is 34.5 Å². The Balaban J connectivity index is 1.47. The lowest BCUT2D eigenvalue weighted by Crippen LogP contribution is -2.52. The fraction of sp³-hybridized carbons (Fsp3) is 0.913. The van der Waals surface area contributed by atoms with Gasteiger partial charge in [0.05, 0.1) is 0 Å². The molecule has 0 aromatic rings. The van der Waals surface area contributed by atoms with Crippen LogP contribution in [0.3, 0.4) is 0 Å². The largest absolute Gasteiger partial charge is 0.317 e. The van der Waals surface area contributed by atoms with Gasteiger partial charge in [-0.3, -0.25) is 0 Å². The highest BCUT2D eigenvalue weighted by molar-refractivity contribution is 5.26. The zero-order valence-corrected chi connectivity index (χ0v) is 16.9. The molecule has 3 saturated carbocycles. The molecule has 4 aliphatic carbocycles. The Morgan fingerprint density at radius 3 is 2.68 bits per heavy atom. The minimum atomic E-state index is 0.520. The summed E-state index contributed by atoms with van der Waals surface area (Å²) in [7, 11) is 4.54. The molecular formula is C23H38N2. The zero-order valence-electron chi connectivity index (χ0n) is 16.9. The first-order valence-electron chi connectivity index (χ1n) is 11.1. The van der Waals surface area contributed by atoms with Gasteiger partial charge in [0.1, 0.15) is 0 Å². The summed E-state index contributed by atoms with van der Waals surface area (Å²) in [4.78, 5) is 2.70. The minimum Gasteiger partial charge on any atom is -0.317 e. The third-order valence-corrected chi connectivity index (χ3v) is 10.1. The molecule has 5 aliphatic rings. The molecule has 0 radical (unpaired) electrons. The molecule has 0 bridgehead atoms. The molecule has 140 valence electrons. The standard InChI is InChI=1S/C23H38N2/c1-15-19-7-8-21-18-6-5-16-13-17(24-3)9-11-22(16,2)20(18)10-12-23(19,21)14-25(15)4/h5,15,17-21,24H,6-14H2,1-4H3/t15?,17-,18?,19?,20?,21?,22?,23?/m0/s1. The van der Waals surface area contributed by atoms with E-state index < -0.39 is 0 Å². The first-order chi connectivity index (χ1) is 12.0. The number of hydrogen-bond donors (Lipinski definition) is 1. The fourth-order valence-corrected chi connectivity index (χ4v) is 8.71. The summed E-state index contributed by atoms with van der Waals surface area (Å²) in [5.74, 6) is 3.96. The van der Waals surface area contributed by atoms with Gasteiger partial charge < -0.3 is 10.2 Å². The molecule has 8 atom stereocenters.